The highest BCUT2D eigenvalue weighted by Crippen LogP contribution is 2.28. The van der Waals surface area contributed by atoms with Crippen molar-refractivity contribution in [3.8, 4) is 18.0 Å². The molecular weight excluding hydrogens is 346 g/mol. The highest BCUT2D eigenvalue weighted by molar-refractivity contribution is 6.31. The Morgan fingerprint density at radius 1 is 1.15 bits per heavy atom. The number of halogens is 1. The second-order valence-electron chi connectivity index (χ2n) is 5.87. The summed E-state index contributed by atoms with van der Waals surface area (Å²) in [6.45, 7) is 1.44. The van der Waals surface area contributed by atoms with Gasteiger partial charge in [-0.05, 0) is 18.2 Å². The Morgan fingerprint density at radius 3 is 2.81 bits per heavy atom. The van der Waals surface area contributed by atoms with Crippen LogP contribution in [0.2, 0.25) is 5.02 Å². The van der Waals surface area contributed by atoms with Crippen LogP contribution in [0.3, 0.4) is 0 Å². The fourth-order valence-electron chi connectivity index (χ4n) is 3.07. The summed E-state index contributed by atoms with van der Waals surface area (Å²) in [6, 6.07) is 15.9. The zero-order chi connectivity index (χ0) is 17.9. The number of nitrogens with zero attached hydrogens (tertiary/aromatic N) is 4. The van der Waals surface area contributed by atoms with Crippen molar-refractivity contribution in [2.24, 2.45) is 4.99 Å². The molecule has 0 atom stereocenters. The van der Waals surface area contributed by atoms with E-state index < -0.39 is 0 Å². The number of hydrogen-bond acceptors (Lipinski definition) is 4. The number of fused-ring (bicyclic) bond motifs is 3. The van der Waals surface area contributed by atoms with E-state index in [2.05, 4.69) is 21.4 Å². The standard InChI is InChI=1S/C20H16ClN5/c1-2-10-22-12-18-24-25-19-13-23-20(14-6-4-3-5-7-14)16-11-15(21)8-9-17(16)26(18)19/h1,3-9,11,22H,10,12-13H2. The third-order valence-electron chi connectivity index (χ3n) is 4.19. The van der Waals surface area contributed by atoms with Gasteiger partial charge in [-0.1, -0.05) is 47.9 Å². The third-order valence-corrected chi connectivity index (χ3v) is 4.42. The second-order valence-corrected chi connectivity index (χ2v) is 6.30. The maximum Gasteiger partial charge on any atom is 0.159 e. The summed E-state index contributed by atoms with van der Waals surface area (Å²) in [6.07, 6.45) is 5.32. The molecule has 0 radical (unpaired) electrons. The zero-order valence-corrected chi connectivity index (χ0v) is 14.7. The van der Waals surface area contributed by atoms with Gasteiger partial charge in [-0.15, -0.1) is 16.6 Å². The smallest absolute Gasteiger partial charge is 0.159 e. The summed E-state index contributed by atoms with van der Waals surface area (Å²) in [7, 11) is 0. The number of aliphatic imine (C=N–C) groups is 1. The molecule has 0 unspecified atom stereocenters. The fourth-order valence-corrected chi connectivity index (χ4v) is 3.24. The first-order chi connectivity index (χ1) is 12.8. The number of terminal acetylenes is 1. The van der Waals surface area contributed by atoms with Crippen molar-refractivity contribution in [1.29, 1.82) is 0 Å². The van der Waals surface area contributed by atoms with Crippen molar-refractivity contribution >= 4 is 17.3 Å². The Balaban J connectivity index is 1.86. The number of hydrogen-bond donors (Lipinski definition) is 1. The molecule has 0 spiro atoms. The normalized spacial score (nSPS) is 12.5. The lowest BCUT2D eigenvalue weighted by Gasteiger charge is -2.14. The lowest BCUT2D eigenvalue weighted by molar-refractivity contribution is 0.702. The summed E-state index contributed by atoms with van der Waals surface area (Å²) >= 11 is 6.30. The van der Waals surface area contributed by atoms with Gasteiger partial charge in [0.25, 0.3) is 0 Å². The molecule has 0 saturated heterocycles. The highest BCUT2D eigenvalue weighted by Gasteiger charge is 2.22. The molecule has 128 valence electrons. The quantitative estimate of drug-likeness (QED) is 0.574. The van der Waals surface area contributed by atoms with E-state index in [1.165, 1.54) is 0 Å². The van der Waals surface area contributed by atoms with Crippen LogP contribution in [0, 0.1) is 12.3 Å². The highest BCUT2D eigenvalue weighted by atomic mass is 35.5. The van der Waals surface area contributed by atoms with Gasteiger partial charge in [-0.3, -0.25) is 14.9 Å². The maximum absolute atomic E-state index is 6.30. The Bertz CT molecular complexity index is 1010. The van der Waals surface area contributed by atoms with Crippen LogP contribution in [0.4, 0.5) is 0 Å². The molecule has 1 aliphatic rings. The third kappa shape index (κ3) is 3.01. The minimum absolute atomic E-state index is 0.443. The maximum atomic E-state index is 6.30. The van der Waals surface area contributed by atoms with Crippen molar-refractivity contribution < 1.29 is 0 Å². The molecule has 1 aromatic heterocycles. The van der Waals surface area contributed by atoms with E-state index in [9.17, 15) is 0 Å². The van der Waals surface area contributed by atoms with Crippen LogP contribution in [0.1, 0.15) is 22.8 Å². The van der Waals surface area contributed by atoms with Gasteiger partial charge in [0.1, 0.15) is 6.54 Å². The molecule has 6 heteroatoms. The van der Waals surface area contributed by atoms with Crippen LogP contribution in [0.15, 0.2) is 53.5 Å². The van der Waals surface area contributed by atoms with Gasteiger partial charge in [0.15, 0.2) is 11.6 Å². The second kappa shape index (κ2) is 7.12. The number of nitrogens with one attached hydrogen (secondary N) is 1. The molecule has 2 aromatic carbocycles. The molecule has 1 aliphatic heterocycles. The van der Waals surface area contributed by atoms with Crippen molar-refractivity contribution in [3.05, 3.63) is 76.3 Å². The topological polar surface area (TPSA) is 55.1 Å². The van der Waals surface area contributed by atoms with E-state index in [4.69, 9.17) is 23.0 Å². The van der Waals surface area contributed by atoms with Crippen LogP contribution in [0.25, 0.3) is 5.69 Å². The number of aromatic nitrogens is 3. The zero-order valence-electron chi connectivity index (χ0n) is 14.0. The summed E-state index contributed by atoms with van der Waals surface area (Å²) < 4.78 is 2.04. The Labute approximate surface area is 156 Å². The molecule has 0 aliphatic carbocycles. The molecule has 0 fully saturated rings. The van der Waals surface area contributed by atoms with E-state index in [1.807, 2.05) is 53.1 Å². The molecule has 4 rings (SSSR count). The molecule has 3 aromatic rings. The fraction of sp³-hybridized carbons (Fsp3) is 0.150. The van der Waals surface area contributed by atoms with Crippen LogP contribution in [-0.4, -0.2) is 27.0 Å². The van der Waals surface area contributed by atoms with Gasteiger partial charge < -0.3 is 0 Å². The SMILES string of the molecule is C#CCNCc1nnc2n1-c1ccc(Cl)cc1C(c1ccccc1)=NC2. The van der Waals surface area contributed by atoms with Gasteiger partial charge in [0, 0.05) is 16.1 Å². The van der Waals surface area contributed by atoms with E-state index in [0.29, 0.717) is 24.7 Å². The van der Waals surface area contributed by atoms with Gasteiger partial charge >= 0.3 is 0 Å². The summed E-state index contributed by atoms with van der Waals surface area (Å²) in [5.74, 6) is 4.15. The van der Waals surface area contributed by atoms with Crippen LogP contribution in [-0.2, 0) is 13.1 Å². The monoisotopic (exact) mass is 361 g/mol. The first-order valence-electron chi connectivity index (χ1n) is 8.25. The van der Waals surface area contributed by atoms with E-state index in [0.717, 1.165) is 34.2 Å². The predicted molar refractivity (Wildman–Crippen MR) is 103 cm³/mol. The molecule has 26 heavy (non-hydrogen) atoms. The summed E-state index contributed by atoms with van der Waals surface area (Å²) in [5, 5.41) is 12.5. The van der Waals surface area contributed by atoms with Gasteiger partial charge in [-0.2, -0.15) is 0 Å². The van der Waals surface area contributed by atoms with Crippen LogP contribution in [0.5, 0.6) is 0 Å². The molecular formula is C20H16ClN5. The van der Waals surface area contributed by atoms with Crippen LogP contribution >= 0.6 is 11.6 Å². The van der Waals surface area contributed by atoms with E-state index >= 15 is 0 Å². The lowest BCUT2D eigenvalue weighted by atomic mass is 10.0. The van der Waals surface area contributed by atoms with Gasteiger partial charge in [-0.25, -0.2) is 0 Å². The van der Waals surface area contributed by atoms with E-state index in [-0.39, 0.29) is 0 Å². The molecule has 5 nitrogen and oxygen atoms in total. The van der Waals surface area contributed by atoms with Crippen molar-refractivity contribution in [2.45, 2.75) is 13.1 Å². The largest absolute Gasteiger partial charge is 0.299 e. The molecule has 0 saturated carbocycles. The molecule has 0 amide bonds. The summed E-state index contributed by atoms with van der Waals surface area (Å²) in [5.41, 5.74) is 3.87. The number of benzene rings is 2. The van der Waals surface area contributed by atoms with Crippen molar-refractivity contribution in [3.63, 3.8) is 0 Å². The first kappa shape index (κ1) is 16.5. The van der Waals surface area contributed by atoms with E-state index in [1.54, 1.807) is 0 Å². The Hall–Kier alpha value is -2.94. The lowest BCUT2D eigenvalue weighted by Crippen LogP contribution is -2.18. The molecule has 2 heterocycles. The van der Waals surface area contributed by atoms with Crippen molar-refractivity contribution in [1.82, 2.24) is 20.1 Å². The Morgan fingerprint density at radius 2 is 2.00 bits per heavy atom. The summed E-state index contributed by atoms with van der Waals surface area (Å²) in [4.78, 5) is 4.81. The van der Waals surface area contributed by atoms with Gasteiger partial charge in [0.05, 0.1) is 24.5 Å². The molecule has 0 bridgehead atoms. The number of rotatable bonds is 4. The van der Waals surface area contributed by atoms with Crippen molar-refractivity contribution in [2.75, 3.05) is 6.54 Å². The van der Waals surface area contributed by atoms with Crippen LogP contribution < -0.4 is 5.32 Å². The predicted octanol–water partition coefficient (Wildman–Crippen LogP) is 2.99. The Kier molecular flexibility index (Phi) is 4.53. The average Bonchev–Trinajstić information content (AvgIpc) is 2.98. The average molecular weight is 362 g/mol. The first-order valence-corrected chi connectivity index (χ1v) is 8.63. The molecule has 1 N–H and O–H groups in total. The van der Waals surface area contributed by atoms with Gasteiger partial charge in [0.2, 0.25) is 0 Å². The minimum Gasteiger partial charge on any atom is -0.299 e. The minimum atomic E-state index is 0.443.